The van der Waals surface area contributed by atoms with E-state index in [4.69, 9.17) is 5.73 Å². The maximum absolute atomic E-state index is 9.29. The molecule has 0 saturated heterocycles. The molecule has 0 aliphatic rings. The highest BCUT2D eigenvalue weighted by Gasteiger charge is 2.10. The second-order valence-electron chi connectivity index (χ2n) is 4.90. The van der Waals surface area contributed by atoms with Crippen molar-refractivity contribution in [2.24, 2.45) is 0 Å². The molecule has 3 aromatic rings. The van der Waals surface area contributed by atoms with Crippen LogP contribution in [-0.4, -0.2) is 16.5 Å². The fraction of sp³-hybridized carbons (Fsp3) is 0.118. The molecule has 3 rings (SSSR count). The Balaban J connectivity index is 1.89. The van der Waals surface area contributed by atoms with Crippen LogP contribution in [0.2, 0.25) is 0 Å². The maximum Gasteiger partial charge on any atom is 0.103 e. The highest BCUT2D eigenvalue weighted by molar-refractivity contribution is 5.99. The molecule has 5 nitrogen and oxygen atoms in total. The Labute approximate surface area is 128 Å². The van der Waals surface area contributed by atoms with Gasteiger partial charge in [0.15, 0.2) is 0 Å². The molecule has 2 aromatic heterocycles. The summed E-state index contributed by atoms with van der Waals surface area (Å²) in [6, 6.07) is 13.6. The first kappa shape index (κ1) is 13.8. The van der Waals surface area contributed by atoms with E-state index in [1.54, 1.807) is 18.5 Å². The van der Waals surface area contributed by atoms with E-state index in [-0.39, 0.29) is 0 Å². The van der Waals surface area contributed by atoms with Crippen LogP contribution in [-0.2, 0) is 6.42 Å². The summed E-state index contributed by atoms with van der Waals surface area (Å²) in [7, 11) is 0. The number of nitrogens with one attached hydrogen (secondary N) is 1. The molecule has 0 radical (unpaired) electrons. The molecule has 1 aromatic carbocycles. The van der Waals surface area contributed by atoms with Crippen molar-refractivity contribution in [2.45, 2.75) is 6.42 Å². The summed E-state index contributed by atoms with van der Waals surface area (Å²) in [5, 5.41) is 13.5. The van der Waals surface area contributed by atoms with Crippen molar-refractivity contribution in [3.63, 3.8) is 0 Å². The predicted octanol–water partition coefficient (Wildman–Crippen LogP) is 2.74. The molecule has 2 heterocycles. The van der Waals surface area contributed by atoms with Gasteiger partial charge >= 0.3 is 0 Å². The molecule has 0 bridgehead atoms. The van der Waals surface area contributed by atoms with Gasteiger partial charge in [-0.1, -0.05) is 18.2 Å². The minimum absolute atomic E-state index is 0.513. The Morgan fingerprint density at radius 1 is 1.14 bits per heavy atom. The summed E-state index contributed by atoms with van der Waals surface area (Å²) in [5.74, 6) is 0. The average Bonchev–Trinajstić information content (AvgIpc) is 2.56. The number of benzene rings is 1. The molecule has 0 aliphatic heterocycles. The van der Waals surface area contributed by atoms with Crippen LogP contribution in [0.3, 0.4) is 0 Å². The Kier molecular flexibility index (Phi) is 3.84. The molecule has 0 fully saturated rings. The number of nitrogens with two attached hydrogens (primary N) is 1. The third-order valence-electron chi connectivity index (χ3n) is 3.46. The summed E-state index contributed by atoms with van der Waals surface area (Å²) >= 11 is 0. The molecular weight excluding hydrogens is 274 g/mol. The van der Waals surface area contributed by atoms with Crippen LogP contribution in [0.25, 0.3) is 10.9 Å². The van der Waals surface area contributed by atoms with Crippen LogP contribution in [0, 0.1) is 11.3 Å². The van der Waals surface area contributed by atoms with Gasteiger partial charge in [0.2, 0.25) is 0 Å². The van der Waals surface area contributed by atoms with Gasteiger partial charge in [-0.2, -0.15) is 5.26 Å². The molecule has 0 unspecified atom stereocenters. The molecule has 0 saturated carbocycles. The minimum atomic E-state index is 0.513. The largest absolute Gasteiger partial charge is 0.397 e. The number of nitriles is 1. The van der Waals surface area contributed by atoms with Crippen molar-refractivity contribution in [1.82, 2.24) is 9.97 Å². The van der Waals surface area contributed by atoms with E-state index in [1.807, 2.05) is 30.3 Å². The lowest BCUT2D eigenvalue weighted by molar-refractivity contribution is 0.962. The van der Waals surface area contributed by atoms with Gasteiger partial charge in [0, 0.05) is 36.4 Å². The van der Waals surface area contributed by atoms with Gasteiger partial charge in [-0.05, 0) is 18.2 Å². The lowest BCUT2D eigenvalue weighted by Crippen LogP contribution is -2.08. The van der Waals surface area contributed by atoms with Crippen LogP contribution >= 0.6 is 0 Å². The van der Waals surface area contributed by atoms with Crippen molar-refractivity contribution in [1.29, 1.82) is 5.26 Å². The van der Waals surface area contributed by atoms with Gasteiger partial charge in [-0.25, -0.2) is 0 Å². The Morgan fingerprint density at radius 2 is 2.05 bits per heavy atom. The smallest absolute Gasteiger partial charge is 0.103 e. The number of hydrogen-bond donors (Lipinski definition) is 2. The molecule has 22 heavy (non-hydrogen) atoms. The number of hydrogen-bond acceptors (Lipinski definition) is 5. The average molecular weight is 289 g/mol. The number of anilines is 2. The monoisotopic (exact) mass is 289 g/mol. The summed E-state index contributed by atoms with van der Waals surface area (Å²) in [4.78, 5) is 8.57. The molecular formula is C17H15N5. The zero-order valence-electron chi connectivity index (χ0n) is 12.0. The highest BCUT2D eigenvalue weighted by Crippen LogP contribution is 2.28. The number of fused-ring (bicyclic) bond motifs is 1. The first-order valence-electron chi connectivity index (χ1n) is 7.00. The Bertz CT molecular complexity index is 837. The Hall–Kier alpha value is -3.13. The third kappa shape index (κ3) is 2.67. The van der Waals surface area contributed by atoms with E-state index in [2.05, 4.69) is 21.4 Å². The SMILES string of the molecule is N#Cc1cnc2c(N)cccc2c1NCCc1ccccn1. The highest BCUT2D eigenvalue weighted by atomic mass is 14.9. The van der Waals surface area contributed by atoms with E-state index >= 15 is 0 Å². The van der Waals surface area contributed by atoms with E-state index in [1.165, 1.54) is 0 Å². The summed E-state index contributed by atoms with van der Waals surface area (Å²) < 4.78 is 0. The van der Waals surface area contributed by atoms with E-state index in [9.17, 15) is 5.26 Å². The zero-order valence-corrected chi connectivity index (χ0v) is 12.0. The van der Waals surface area contributed by atoms with Crippen LogP contribution in [0.15, 0.2) is 48.8 Å². The van der Waals surface area contributed by atoms with Crippen molar-refractivity contribution >= 4 is 22.3 Å². The third-order valence-corrected chi connectivity index (χ3v) is 3.46. The minimum Gasteiger partial charge on any atom is -0.397 e. The van der Waals surface area contributed by atoms with Gasteiger partial charge in [-0.15, -0.1) is 0 Å². The van der Waals surface area contributed by atoms with E-state index in [0.717, 1.165) is 23.2 Å². The molecule has 5 heteroatoms. The molecule has 0 atom stereocenters. The van der Waals surface area contributed by atoms with Crippen molar-refractivity contribution in [3.8, 4) is 6.07 Å². The van der Waals surface area contributed by atoms with Gasteiger partial charge < -0.3 is 11.1 Å². The standard InChI is InChI=1S/C17H15N5/c18-10-12-11-22-17-14(5-3-6-15(17)19)16(12)21-9-7-13-4-1-2-8-20-13/h1-6,8,11H,7,9,19H2,(H,21,22). The molecule has 0 amide bonds. The molecule has 0 aliphatic carbocycles. The van der Waals surface area contributed by atoms with E-state index < -0.39 is 0 Å². The van der Waals surface area contributed by atoms with Crippen LogP contribution in [0.1, 0.15) is 11.3 Å². The van der Waals surface area contributed by atoms with Crippen LogP contribution in [0.4, 0.5) is 11.4 Å². The first-order chi connectivity index (χ1) is 10.8. The topological polar surface area (TPSA) is 87.6 Å². The number of para-hydroxylation sites is 1. The van der Waals surface area contributed by atoms with Gasteiger partial charge in [0.25, 0.3) is 0 Å². The number of nitrogen functional groups attached to an aromatic ring is 1. The van der Waals surface area contributed by atoms with Crippen molar-refractivity contribution in [3.05, 3.63) is 60.0 Å². The summed E-state index contributed by atoms with van der Waals surface area (Å²) in [6.45, 7) is 0.680. The fourth-order valence-corrected chi connectivity index (χ4v) is 2.38. The lowest BCUT2D eigenvalue weighted by atomic mass is 10.1. The van der Waals surface area contributed by atoms with Crippen LogP contribution < -0.4 is 11.1 Å². The zero-order chi connectivity index (χ0) is 15.4. The number of nitrogens with zero attached hydrogens (tertiary/aromatic N) is 3. The second-order valence-corrected chi connectivity index (χ2v) is 4.90. The second kappa shape index (κ2) is 6.10. The number of aromatic nitrogens is 2. The van der Waals surface area contributed by atoms with Crippen molar-refractivity contribution in [2.75, 3.05) is 17.6 Å². The first-order valence-corrected chi connectivity index (χ1v) is 7.00. The quantitative estimate of drug-likeness (QED) is 0.721. The van der Waals surface area contributed by atoms with Crippen LogP contribution in [0.5, 0.6) is 0 Å². The predicted molar refractivity (Wildman–Crippen MR) is 87.3 cm³/mol. The lowest BCUT2D eigenvalue weighted by Gasteiger charge is -2.12. The van der Waals surface area contributed by atoms with Gasteiger partial charge in [0.05, 0.1) is 22.5 Å². The number of rotatable bonds is 4. The van der Waals surface area contributed by atoms with Gasteiger partial charge in [0.1, 0.15) is 6.07 Å². The maximum atomic E-state index is 9.29. The van der Waals surface area contributed by atoms with E-state index in [0.29, 0.717) is 23.3 Å². The van der Waals surface area contributed by atoms with Crippen molar-refractivity contribution < 1.29 is 0 Å². The molecule has 108 valence electrons. The normalized spacial score (nSPS) is 10.3. The fourth-order valence-electron chi connectivity index (χ4n) is 2.38. The summed E-state index contributed by atoms with van der Waals surface area (Å²) in [5.41, 5.74) is 9.56. The van der Waals surface area contributed by atoms with Gasteiger partial charge in [-0.3, -0.25) is 9.97 Å². The molecule has 3 N–H and O–H groups in total. The number of pyridine rings is 2. The summed E-state index contributed by atoms with van der Waals surface area (Å²) in [6.07, 6.45) is 4.11. The Morgan fingerprint density at radius 3 is 2.82 bits per heavy atom. The molecule has 0 spiro atoms.